The molecule has 1 amide bonds. The highest BCUT2D eigenvalue weighted by Crippen LogP contribution is 2.31. The highest BCUT2D eigenvalue weighted by Gasteiger charge is 2.30. The third kappa shape index (κ3) is 5.86. The van der Waals surface area contributed by atoms with Crippen LogP contribution in [0, 0.1) is 0 Å². The van der Waals surface area contributed by atoms with Crippen molar-refractivity contribution in [2.45, 2.75) is 17.7 Å². The van der Waals surface area contributed by atoms with Crippen LogP contribution in [0.3, 0.4) is 0 Å². The second-order valence-corrected chi connectivity index (χ2v) is 8.48. The first kappa shape index (κ1) is 23.3. The minimum absolute atomic E-state index is 0.211. The SMILES string of the molecule is COCc1ccc(C(=O)Nc2cccc(S(=O)(=O)Nc3cccc(C(F)(F)F)c3)c2)cc1. The summed E-state index contributed by atoms with van der Waals surface area (Å²) in [6.45, 7) is 0.403. The summed E-state index contributed by atoms with van der Waals surface area (Å²) >= 11 is 0. The standard InChI is InChI=1S/C22H19F3N2O4S/c1-31-14-15-8-10-16(11-9-15)21(28)26-18-5-3-7-20(13-18)32(29,30)27-19-6-2-4-17(12-19)22(23,24)25/h2-13,27H,14H2,1H3,(H,26,28). The Morgan fingerprint density at radius 2 is 1.59 bits per heavy atom. The van der Waals surface area contributed by atoms with Crippen molar-refractivity contribution in [1.29, 1.82) is 0 Å². The molecule has 3 rings (SSSR count). The van der Waals surface area contributed by atoms with Gasteiger partial charge in [-0.25, -0.2) is 8.42 Å². The molecule has 168 valence electrons. The zero-order valence-electron chi connectivity index (χ0n) is 16.8. The molecule has 3 aromatic rings. The first-order valence-corrected chi connectivity index (χ1v) is 10.8. The van der Waals surface area contributed by atoms with Gasteiger partial charge in [0, 0.05) is 24.0 Å². The fourth-order valence-corrected chi connectivity index (χ4v) is 3.93. The van der Waals surface area contributed by atoms with Crippen LogP contribution in [0.2, 0.25) is 0 Å². The molecular weight excluding hydrogens is 445 g/mol. The maximum atomic E-state index is 12.9. The number of nitrogens with one attached hydrogen (secondary N) is 2. The third-order valence-electron chi connectivity index (χ3n) is 4.37. The Morgan fingerprint density at radius 3 is 2.25 bits per heavy atom. The fourth-order valence-electron chi connectivity index (χ4n) is 2.84. The van der Waals surface area contributed by atoms with Crippen molar-refractivity contribution in [1.82, 2.24) is 0 Å². The van der Waals surface area contributed by atoms with Crippen molar-refractivity contribution >= 4 is 27.3 Å². The van der Waals surface area contributed by atoms with E-state index in [0.717, 1.165) is 17.7 Å². The minimum Gasteiger partial charge on any atom is -0.380 e. The lowest BCUT2D eigenvalue weighted by Crippen LogP contribution is -2.15. The number of carbonyl (C=O) groups is 1. The minimum atomic E-state index is -4.60. The van der Waals surface area contributed by atoms with Gasteiger partial charge in [0.1, 0.15) is 0 Å². The zero-order chi connectivity index (χ0) is 23.4. The number of rotatable bonds is 7. The molecule has 0 aromatic heterocycles. The molecule has 10 heteroatoms. The normalized spacial score (nSPS) is 11.8. The number of anilines is 2. The molecule has 0 aliphatic rings. The summed E-state index contributed by atoms with van der Waals surface area (Å²) in [4.78, 5) is 12.2. The van der Waals surface area contributed by atoms with Gasteiger partial charge in [-0.2, -0.15) is 13.2 Å². The van der Waals surface area contributed by atoms with Gasteiger partial charge in [0.2, 0.25) is 0 Å². The van der Waals surface area contributed by atoms with Crippen molar-refractivity contribution in [3.8, 4) is 0 Å². The van der Waals surface area contributed by atoms with Crippen molar-refractivity contribution in [3.63, 3.8) is 0 Å². The third-order valence-corrected chi connectivity index (χ3v) is 5.75. The highest BCUT2D eigenvalue weighted by atomic mass is 32.2. The van der Waals surface area contributed by atoms with Crippen molar-refractivity contribution < 1.29 is 31.1 Å². The number of ether oxygens (including phenoxy) is 1. The van der Waals surface area contributed by atoms with E-state index in [4.69, 9.17) is 4.74 Å². The van der Waals surface area contributed by atoms with Gasteiger partial charge < -0.3 is 10.1 Å². The second-order valence-electron chi connectivity index (χ2n) is 6.80. The lowest BCUT2D eigenvalue weighted by Gasteiger charge is -2.12. The van der Waals surface area contributed by atoms with Gasteiger partial charge in [0.15, 0.2) is 0 Å². The molecule has 0 spiro atoms. The van der Waals surface area contributed by atoms with E-state index in [-0.39, 0.29) is 16.3 Å². The van der Waals surface area contributed by atoms with Crippen molar-refractivity contribution in [2.24, 2.45) is 0 Å². The predicted octanol–water partition coefficient (Wildman–Crippen LogP) is 4.90. The van der Waals surface area contributed by atoms with Gasteiger partial charge in [0.25, 0.3) is 15.9 Å². The molecule has 0 saturated carbocycles. The number of hydrogen-bond donors (Lipinski definition) is 2. The maximum Gasteiger partial charge on any atom is 0.416 e. The van der Waals surface area contributed by atoms with Crippen LogP contribution in [0.4, 0.5) is 24.5 Å². The van der Waals surface area contributed by atoms with E-state index < -0.39 is 27.7 Å². The molecule has 0 bridgehead atoms. The largest absolute Gasteiger partial charge is 0.416 e. The summed E-state index contributed by atoms with van der Waals surface area (Å²) < 4.78 is 71.1. The zero-order valence-corrected chi connectivity index (χ0v) is 17.6. The maximum absolute atomic E-state index is 12.9. The first-order valence-electron chi connectivity index (χ1n) is 9.28. The molecule has 0 aliphatic heterocycles. The Bertz CT molecular complexity index is 1210. The summed E-state index contributed by atoms with van der Waals surface area (Å²) in [6, 6.07) is 16.0. The average molecular weight is 464 g/mol. The van der Waals surface area contributed by atoms with Gasteiger partial charge in [0.05, 0.1) is 17.1 Å². The van der Waals surface area contributed by atoms with Crippen molar-refractivity contribution in [2.75, 3.05) is 17.1 Å². The lowest BCUT2D eigenvalue weighted by atomic mass is 10.1. The molecule has 0 atom stereocenters. The molecule has 0 saturated heterocycles. The topological polar surface area (TPSA) is 84.5 Å². The van der Waals surface area contributed by atoms with E-state index in [1.165, 1.54) is 30.3 Å². The van der Waals surface area contributed by atoms with E-state index in [1.54, 1.807) is 31.4 Å². The molecule has 2 N–H and O–H groups in total. The molecule has 32 heavy (non-hydrogen) atoms. The summed E-state index contributed by atoms with van der Waals surface area (Å²) in [5.41, 5.74) is 0.251. The Morgan fingerprint density at radius 1 is 0.938 bits per heavy atom. The number of amides is 1. The van der Waals surface area contributed by atoms with E-state index >= 15 is 0 Å². The van der Waals surface area contributed by atoms with Crippen molar-refractivity contribution in [3.05, 3.63) is 89.5 Å². The highest BCUT2D eigenvalue weighted by molar-refractivity contribution is 7.92. The molecule has 0 unspecified atom stereocenters. The molecule has 6 nitrogen and oxygen atoms in total. The predicted molar refractivity (Wildman–Crippen MR) is 114 cm³/mol. The summed E-state index contributed by atoms with van der Waals surface area (Å²) in [5, 5.41) is 2.60. The number of carbonyl (C=O) groups excluding carboxylic acids is 1. The number of benzene rings is 3. The number of halogens is 3. The summed E-state index contributed by atoms with van der Waals surface area (Å²) in [6.07, 6.45) is -4.60. The number of methoxy groups -OCH3 is 1. The van der Waals surface area contributed by atoms with E-state index in [1.807, 2.05) is 0 Å². The monoisotopic (exact) mass is 464 g/mol. The van der Waals surface area contributed by atoms with Gasteiger partial charge in [-0.05, 0) is 54.1 Å². The van der Waals surface area contributed by atoms with Gasteiger partial charge in [-0.1, -0.05) is 24.3 Å². The summed E-state index contributed by atoms with van der Waals surface area (Å²) in [5.74, 6) is -0.450. The molecule has 0 fully saturated rings. The Kier molecular flexibility index (Phi) is 6.85. The number of sulfonamides is 1. The lowest BCUT2D eigenvalue weighted by molar-refractivity contribution is -0.137. The Balaban J connectivity index is 1.76. The first-order chi connectivity index (χ1) is 15.1. The average Bonchev–Trinajstić information content (AvgIpc) is 2.74. The molecule has 0 radical (unpaired) electrons. The smallest absolute Gasteiger partial charge is 0.380 e. The van der Waals surface area contributed by atoms with E-state index in [2.05, 4.69) is 10.0 Å². The van der Waals surface area contributed by atoms with Crippen LogP contribution in [0.5, 0.6) is 0 Å². The number of alkyl halides is 3. The van der Waals surface area contributed by atoms with E-state index in [0.29, 0.717) is 18.2 Å². The van der Waals surface area contributed by atoms with Crippen LogP contribution >= 0.6 is 0 Å². The Labute approximate surface area is 183 Å². The molecule has 0 heterocycles. The van der Waals surface area contributed by atoms with Crippen LogP contribution in [-0.2, 0) is 27.5 Å². The molecular formula is C22H19F3N2O4S. The molecule has 0 aliphatic carbocycles. The van der Waals surface area contributed by atoms with Crippen LogP contribution in [0.25, 0.3) is 0 Å². The van der Waals surface area contributed by atoms with Gasteiger partial charge in [-0.15, -0.1) is 0 Å². The quantitative estimate of drug-likeness (QED) is 0.521. The van der Waals surface area contributed by atoms with Gasteiger partial charge >= 0.3 is 6.18 Å². The van der Waals surface area contributed by atoms with E-state index in [9.17, 15) is 26.4 Å². The van der Waals surface area contributed by atoms with Crippen LogP contribution in [-0.4, -0.2) is 21.4 Å². The molecule has 3 aromatic carbocycles. The second kappa shape index (κ2) is 9.41. The van der Waals surface area contributed by atoms with Crippen LogP contribution in [0.1, 0.15) is 21.5 Å². The number of hydrogen-bond acceptors (Lipinski definition) is 4. The van der Waals surface area contributed by atoms with Crippen LogP contribution in [0.15, 0.2) is 77.7 Å². The fraction of sp³-hybridized carbons (Fsp3) is 0.136. The summed E-state index contributed by atoms with van der Waals surface area (Å²) in [7, 11) is -2.63. The van der Waals surface area contributed by atoms with Crippen LogP contribution < -0.4 is 10.0 Å². The Hall–Kier alpha value is -3.37. The van der Waals surface area contributed by atoms with Gasteiger partial charge in [-0.3, -0.25) is 9.52 Å².